The number of carbonyl (C=O) groups is 3. The summed E-state index contributed by atoms with van der Waals surface area (Å²) < 4.78 is 22.6. The second-order valence-corrected chi connectivity index (χ2v) is 24.4. The molecule has 0 aliphatic carbocycles. The molecular formula is C76H131NO8. The van der Waals surface area contributed by atoms with Crippen molar-refractivity contribution in [2.75, 3.05) is 47.5 Å². The number of nitrogens with zero attached hydrogens (tertiary/aromatic N) is 1. The normalized spacial score (nSPS) is 13.4. The van der Waals surface area contributed by atoms with Crippen molar-refractivity contribution < 1.29 is 42.9 Å². The molecule has 0 heterocycles. The van der Waals surface area contributed by atoms with Crippen molar-refractivity contribution in [2.24, 2.45) is 0 Å². The maximum atomic E-state index is 12.8. The number of allylic oxidation sites excluding steroid dienone is 18. The number of aliphatic carboxylic acids is 1. The zero-order valence-electron chi connectivity index (χ0n) is 55.7. The van der Waals surface area contributed by atoms with Crippen LogP contribution in [0.4, 0.5) is 0 Å². The van der Waals surface area contributed by atoms with Gasteiger partial charge in [0.1, 0.15) is 13.2 Å². The van der Waals surface area contributed by atoms with E-state index in [2.05, 4.69) is 111 Å². The number of carbonyl (C=O) groups excluding carboxylic acids is 3. The molecule has 0 aromatic heterocycles. The van der Waals surface area contributed by atoms with Gasteiger partial charge in [0.15, 0.2) is 12.4 Å². The molecule has 0 spiro atoms. The topological polar surface area (TPSA) is 111 Å². The van der Waals surface area contributed by atoms with Crippen LogP contribution in [0.1, 0.15) is 296 Å². The number of likely N-dealkylation sites (N-methyl/N-ethyl adjacent to an activating group) is 1. The monoisotopic (exact) mass is 1190 g/mol. The van der Waals surface area contributed by atoms with E-state index in [1.165, 1.54) is 193 Å². The van der Waals surface area contributed by atoms with Crippen LogP contribution in [-0.4, -0.2) is 82.3 Å². The number of esters is 2. The van der Waals surface area contributed by atoms with Gasteiger partial charge in [-0.05, 0) is 89.9 Å². The molecule has 2 atom stereocenters. The Kier molecular flexibility index (Phi) is 62.8. The minimum atomic E-state index is -1.65. The molecule has 0 aliphatic heterocycles. The highest BCUT2D eigenvalue weighted by molar-refractivity contribution is 5.70. The zero-order valence-corrected chi connectivity index (χ0v) is 55.7. The van der Waals surface area contributed by atoms with Gasteiger partial charge in [-0.3, -0.25) is 9.59 Å². The van der Waals surface area contributed by atoms with E-state index in [1.54, 1.807) is 0 Å². The van der Waals surface area contributed by atoms with E-state index < -0.39 is 24.3 Å². The molecule has 0 saturated heterocycles. The lowest BCUT2D eigenvalue weighted by atomic mass is 10.0. The third-order valence-corrected chi connectivity index (χ3v) is 15.0. The molecule has 85 heavy (non-hydrogen) atoms. The number of carboxylic acid groups (broad SMARTS) is 1. The molecule has 9 nitrogen and oxygen atoms in total. The van der Waals surface area contributed by atoms with Crippen molar-refractivity contribution in [3.8, 4) is 0 Å². The van der Waals surface area contributed by atoms with E-state index in [-0.39, 0.29) is 38.6 Å². The summed E-state index contributed by atoms with van der Waals surface area (Å²) in [7, 11) is 5.90. The fourth-order valence-electron chi connectivity index (χ4n) is 9.69. The van der Waals surface area contributed by atoms with Crippen molar-refractivity contribution in [1.29, 1.82) is 0 Å². The van der Waals surface area contributed by atoms with E-state index in [0.717, 1.165) is 70.6 Å². The van der Waals surface area contributed by atoms with E-state index >= 15 is 0 Å². The van der Waals surface area contributed by atoms with Gasteiger partial charge in [0.2, 0.25) is 0 Å². The molecule has 488 valence electrons. The largest absolute Gasteiger partial charge is 0.545 e. The fourth-order valence-corrected chi connectivity index (χ4v) is 9.69. The van der Waals surface area contributed by atoms with Gasteiger partial charge >= 0.3 is 11.9 Å². The average Bonchev–Trinajstić information content (AvgIpc) is 3.48. The number of hydrogen-bond donors (Lipinski definition) is 0. The second kappa shape index (κ2) is 65.9. The summed E-state index contributed by atoms with van der Waals surface area (Å²) in [5.41, 5.74) is 0. The molecule has 0 aliphatic rings. The molecule has 0 aromatic rings. The van der Waals surface area contributed by atoms with Crippen molar-refractivity contribution in [3.05, 3.63) is 109 Å². The molecular weight excluding hydrogens is 1050 g/mol. The van der Waals surface area contributed by atoms with Gasteiger partial charge in [-0.15, -0.1) is 0 Å². The van der Waals surface area contributed by atoms with E-state index in [9.17, 15) is 19.5 Å². The Morgan fingerprint density at radius 3 is 1.05 bits per heavy atom. The lowest BCUT2D eigenvalue weighted by Crippen LogP contribution is -2.44. The fraction of sp³-hybridized carbons (Fsp3) is 0.724. The summed E-state index contributed by atoms with van der Waals surface area (Å²) in [6.07, 6.45) is 89.3. The van der Waals surface area contributed by atoms with E-state index in [1.807, 2.05) is 33.3 Å². The van der Waals surface area contributed by atoms with Crippen molar-refractivity contribution in [2.45, 2.75) is 309 Å². The van der Waals surface area contributed by atoms with Crippen LogP contribution in [0.3, 0.4) is 0 Å². The van der Waals surface area contributed by atoms with E-state index in [4.69, 9.17) is 18.9 Å². The molecule has 0 rings (SSSR count). The molecule has 0 amide bonds. The van der Waals surface area contributed by atoms with Crippen molar-refractivity contribution >= 4 is 17.9 Å². The molecule has 0 radical (unpaired) electrons. The first-order valence-corrected chi connectivity index (χ1v) is 35.0. The minimum Gasteiger partial charge on any atom is -0.545 e. The van der Waals surface area contributed by atoms with Gasteiger partial charge in [-0.25, -0.2) is 0 Å². The SMILES string of the molecule is CC/C=C\C/C=C\C/C=C\C/C=C\C/C=C\C/C=C\CCC(=O)OC(COC(=O)CCCCCCCCCCCCCCCCCCCCCCCCCCCC/C=C\C/C=C\C/C=C\CCCCCCC)COC(OCC[N+](C)(C)C)C(=O)[O-]. The predicted molar refractivity (Wildman–Crippen MR) is 361 cm³/mol. The van der Waals surface area contributed by atoms with Gasteiger partial charge in [0, 0.05) is 12.8 Å². The summed E-state index contributed by atoms with van der Waals surface area (Å²) in [4.78, 5) is 37.3. The predicted octanol–water partition coefficient (Wildman–Crippen LogP) is 20.5. The Labute approximate surface area is 524 Å². The highest BCUT2D eigenvalue weighted by Crippen LogP contribution is 2.17. The number of carboxylic acids is 1. The third-order valence-electron chi connectivity index (χ3n) is 15.0. The van der Waals surface area contributed by atoms with Gasteiger partial charge in [0.05, 0.1) is 40.3 Å². The lowest BCUT2D eigenvalue weighted by Gasteiger charge is -2.26. The summed E-state index contributed by atoms with van der Waals surface area (Å²) >= 11 is 0. The van der Waals surface area contributed by atoms with Crippen LogP contribution < -0.4 is 5.11 Å². The molecule has 0 N–H and O–H groups in total. The third kappa shape index (κ3) is 67.3. The Hall–Kier alpha value is -4.05. The minimum absolute atomic E-state index is 0.119. The maximum Gasteiger partial charge on any atom is 0.306 e. The first kappa shape index (κ1) is 81.0. The Balaban J connectivity index is 4.01. The number of unbranched alkanes of at least 4 members (excludes halogenated alkanes) is 31. The van der Waals surface area contributed by atoms with Gasteiger partial charge in [0.25, 0.3) is 0 Å². The molecule has 0 aromatic carbocycles. The van der Waals surface area contributed by atoms with Crippen LogP contribution in [0.15, 0.2) is 109 Å². The van der Waals surface area contributed by atoms with Gasteiger partial charge < -0.3 is 33.3 Å². The Morgan fingerprint density at radius 1 is 0.365 bits per heavy atom. The standard InChI is InChI=1S/C76H131NO8/c1-6-8-10-12-14-16-18-20-22-24-26-27-28-29-30-31-32-33-34-35-36-37-38-39-40-41-42-43-44-45-46-47-49-50-52-54-56-58-60-62-64-66-73(78)83-70-72(71-84-76(75(80)81)82-69-68-77(3,4)5)85-74(79)67-65-63-61-59-57-55-53-51-48-25-23-21-19-17-15-13-11-9-7-2/h9,11,15,17-18,20-21,23-24,26,28-29,48,51,55,57,61,63,72,76H,6-8,10,12-14,16,19,22,25,27,30-47,49-50,52-54,56,58-60,62,64-71H2,1-5H3/b11-9-,17-15-,20-18-,23-21-,26-24-,29-28-,51-48-,57-55-,63-61-. The molecule has 0 saturated carbocycles. The van der Waals surface area contributed by atoms with Gasteiger partial charge in [-0.2, -0.15) is 0 Å². The summed E-state index contributed by atoms with van der Waals surface area (Å²) in [6.45, 7) is 4.55. The lowest BCUT2D eigenvalue weighted by molar-refractivity contribution is -0.870. The highest BCUT2D eigenvalue weighted by atomic mass is 16.7. The Morgan fingerprint density at radius 2 is 0.694 bits per heavy atom. The quantitative estimate of drug-likeness (QED) is 0.0195. The second-order valence-electron chi connectivity index (χ2n) is 24.4. The summed E-state index contributed by atoms with van der Waals surface area (Å²) in [6, 6.07) is 0. The first-order valence-electron chi connectivity index (χ1n) is 35.0. The van der Waals surface area contributed by atoms with Crippen LogP contribution in [-0.2, 0) is 33.3 Å². The van der Waals surface area contributed by atoms with E-state index in [0.29, 0.717) is 17.4 Å². The van der Waals surface area contributed by atoms with Crippen LogP contribution in [0.25, 0.3) is 0 Å². The molecule has 0 bridgehead atoms. The maximum absolute atomic E-state index is 12.8. The average molecular weight is 1190 g/mol. The van der Waals surface area contributed by atoms with Gasteiger partial charge in [-0.1, -0.05) is 303 Å². The van der Waals surface area contributed by atoms with Crippen molar-refractivity contribution in [3.63, 3.8) is 0 Å². The summed E-state index contributed by atoms with van der Waals surface area (Å²) in [5, 5.41) is 11.8. The van der Waals surface area contributed by atoms with Crippen molar-refractivity contribution in [1.82, 2.24) is 0 Å². The van der Waals surface area contributed by atoms with Crippen LogP contribution in [0, 0.1) is 0 Å². The molecule has 9 heteroatoms. The smallest absolute Gasteiger partial charge is 0.306 e. The number of ether oxygens (including phenoxy) is 4. The Bertz CT molecular complexity index is 1760. The first-order chi connectivity index (χ1) is 41.6. The van der Waals surface area contributed by atoms with Crippen LogP contribution >= 0.6 is 0 Å². The number of hydrogen-bond acceptors (Lipinski definition) is 8. The molecule has 0 fully saturated rings. The molecule has 2 unspecified atom stereocenters. The van der Waals surface area contributed by atoms with Crippen LogP contribution in [0.2, 0.25) is 0 Å². The highest BCUT2D eigenvalue weighted by Gasteiger charge is 2.22. The summed E-state index contributed by atoms with van der Waals surface area (Å²) in [5.74, 6) is -2.39. The zero-order chi connectivity index (χ0) is 61.9. The number of rotatable bonds is 64. The number of quaternary nitrogens is 1. The van der Waals surface area contributed by atoms with Crippen LogP contribution in [0.5, 0.6) is 0 Å².